The van der Waals surface area contributed by atoms with E-state index in [-0.39, 0.29) is 6.10 Å². The van der Waals surface area contributed by atoms with Crippen LogP contribution in [-0.2, 0) is 0 Å². The van der Waals surface area contributed by atoms with Crippen molar-refractivity contribution in [2.75, 3.05) is 0 Å². The van der Waals surface area contributed by atoms with Crippen molar-refractivity contribution in [3.05, 3.63) is 48.0 Å². The van der Waals surface area contributed by atoms with Crippen LogP contribution >= 0.6 is 0 Å². The predicted octanol–water partition coefficient (Wildman–Crippen LogP) is 4.15. The molecular weight excluding hydrogens is 234 g/mol. The van der Waals surface area contributed by atoms with Crippen LogP contribution < -0.4 is 0 Å². The summed E-state index contributed by atoms with van der Waals surface area (Å²) < 4.78 is 0. The lowest BCUT2D eigenvalue weighted by atomic mass is 9.78. The molecule has 1 aromatic heterocycles. The summed E-state index contributed by atoms with van der Waals surface area (Å²) in [6, 6.07) is 14.6. The van der Waals surface area contributed by atoms with Gasteiger partial charge in [0, 0.05) is 21.8 Å². The van der Waals surface area contributed by atoms with E-state index in [1.165, 1.54) is 17.2 Å². The van der Waals surface area contributed by atoms with E-state index in [2.05, 4.69) is 41.4 Å². The number of aromatic nitrogens is 1. The van der Waals surface area contributed by atoms with Gasteiger partial charge in [-0.3, -0.25) is 0 Å². The summed E-state index contributed by atoms with van der Waals surface area (Å²) in [6.07, 6.45) is 3.28. The molecule has 0 saturated heterocycles. The van der Waals surface area contributed by atoms with Crippen LogP contribution in [0.2, 0.25) is 0 Å². The molecule has 0 aliphatic heterocycles. The van der Waals surface area contributed by atoms with Crippen LogP contribution in [0.4, 0.5) is 0 Å². The van der Waals surface area contributed by atoms with Crippen LogP contribution in [0.15, 0.2) is 42.5 Å². The average molecular weight is 251 g/mol. The summed E-state index contributed by atoms with van der Waals surface area (Å²) in [4.78, 5) is 3.42. The summed E-state index contributed by atoms with van der Waals surface area (Å²) in [5.41, 5.74) is 3.36. The second-order valence-electron chi connectivity index (χ2n) is 5.61. The number of H-pyrrole nitrogens is 1. The van der Waals surface area contributed by atoms with E-state index in [0.717, 1.165) is 29.4 Å². The molecule has 4 rings (SSSR count). The molecule has 2 aromatic carbocycles. The van der Waals surface area contributed by atoms with Crippen molar-refractivity contribution < 1.29 is 5.11 Å². The highest BCUT2D eigenvalue weighted by atomic mass is 16.3. The number of hydrogen-bond acceptors (Lipinski definition) is 1. The van der Waals surface area contributed by atoms with Gasteiger partial charge in [0.15, 0.2) is 0 Å². The van der Waals surface area contributed by atoms with E-state index in [1.807, 2.05) is 6.07 Å². The molecule has 1 unspecified atom stereocenters. The van der Waals surface area contributed by atoms with Crippen LogP contribution in [0.5, 0.6) is 0 Å². The summed E-state index contributed by atoms with van der Waals surface area (Å²) in [6.45, 7) is 0. The Labute approximate surface area is 112 Å². The number of benzene rings is 2. The van der Waals surface area contributed by atoms with Gasteiger partial charge in [0.05, 0.1) is 6.10 Å². The fourth-order valence-corrected chi connectivity index (χ4v) is 3.08. The number of para-hydroxylation sites is 1. The molecule has 2 N–H and O–H groups in total. The Morgan fingerprint density at radius 2 is 1.79 bits per heavy atom. The molecule has 3 aromatic rings. The van der Waals surface area contributed by atoms with E-state index in [1.54, 1.807) is 0 Å². The third kappa shape index (κ3) is 1.67. The van der Waals surface area contributed by atoms with Gasteiger partial charge in [-0.1, -0.05) is 30.7 Å². The Hall–Kier alpha value is -1.80. The lowest BCUT2D eigenvalue weighted by Crippen LogP contribution is -2.19. The number of aliphatic hydroxyl groups is 1. The number of nitrogens with one attached hydrogen (secondary N) is 1. The summed E-state index contributed by atoms with van der Waals surface area (Å²) >= 11 is 0. The summed E-state index contributed by atoms with van der Waals surface area (Å²) in [5.74, 6) is 0.461. The van der Waals surface area contributed by atoms with Crippen molar-refractivity contribution in [3.63, 3.8) is 0 Å². The largest absolute Gasteiger partial charge is 0.388 e. The average Bonchev–Trinajstić information content (AvgIpc) is 2.74. The Morgan fingerprint density at radius 3 is 2.58 bits per heavy atom. The minimum atomic E-state index is -0.299. The first-order chi connectivity index (χ1) is 9.33. The standard InChI is InChI=1S/C17H17NO/c19-17(11-4-3-5-11)12-8-9-16-14(10-12)13-6-1-2-7-15(13)18-16/h1-2,6-11,17-19H,3-5H2. The molecule has 1 heterocycles. The highest BCUT2D eigenvalue weighted by Crippen LogP contribution is 2.38. The lowest BCUT2D eigenvalue weighted by molar-refractivity contribution is 0.0622. The molecule has 0 bridgehead atoms. The van der Waals surface area contributed by atoms with Gasteiger partial charge in [-0.15, -0.1) is 0 Å². The Morgan fingerprint density at radius 1 is 1.00 bits per heavy atom. The molecule has 96 valence electrons. The molecule has 0 amide bonds. The molecule has 0 spiro atoms. The minimum Gasteiger partial charge on any atom is -0.388 e. The minimum absolute atomic E-state index is 0.299. The predicted molar refractivity (Wildman–Crippen MR) is 78.1 cm³/mol. The lowest BCUT2D eigenvalue weighted by Gasteiger charge is -2.30. The molecule has 2 heteroatoms. The fourth-order valence-electron chi connectivity index (χ4n) is 3.08. The SMILES string of the molecule is OC(c1ccc2[nH]c3ccccc3c2c1)C1CCC1. The molecule has 19 heavy (non-hydrogen) atoms. The second-order valence-corrected chi connectivity index (χ2v) is 5.61. The topological polar surface area (TPSA) is 36.0 Å². The van der Waals surface area contributed by atoms with Gasteiger partial charge < -0.3 is 10.1 Å². The zero-order valence-electron chi connectivity index (χ0n) is 10.8. The Kier molecular flexibility index (Phi) is 2.39. The Bertz CT molecular complexity index is 739. The van der Waals surface area contributed by atoms with Crippen molar-refractivity contribution in [1.29, 1.82) is 0 Å². The van der Waals surface area contributed by atoms with Crippen LogP contribution in [0, 0.1) is 5.92 Å². The van der Waals surface area contributed by atoms with Gasteiger partial charge >= 0.3 is 0 Å². The molecule has 0 radical (unpaired) electrons. The second kappa shape index (κ2) is 4.10. The molecule has 1 atom stereocenters. The van der Waals surface area contributed by atoms with Gasteiger partial charge in [-0.05, 0) is 42.5 Å². The van der Waals surface area contributed by atoms with E-state index in [0.29, 0.717) is 5.92 Å². The van der Waals surface area contributed by atoms with Crippen molar-refractivity contribution >= 4 is 21.8 Å². The third-order valence-corrected chi connectivity index (χ3v) is 4.47. The molecule has 1 aliphatic rings. The first-order valence-electron chi connectivity index (χ1n) is 7.01. The van der Waals surface area contributed by atoms with Crippen molar-refractivity contribution in [3.8, 4) is 0 Å². The number of fused-ring (bicyclic) bond motifs is 3. The maximum Gasteiger partial charge on any atom is 0.0818 e. The maximum absolute atomic E-state index is 10.4. The van der Waals surface area contributed by atoms with Gasteiger partial charge in [-0.2, -0.15) is 0 Å². The zero-order valence-corrected chi connectivity index (χ0v) is 10.8. The first-order valence-corrected chi connectivity index (χ1v) is 7.01. The van der Waals surface area contributed by atoms with Crippen LogP contribution in [0.1, 0.15) is 30.9 Å². The monoisotopic (exact) mass is 251 g/mol. The van der Waals surface area contributed by atoms with Crippen LogP contribution in [-0.4, -0.2) is 10.1 Å². The molecule has 1 saturated carbocycles. The smallest absolute Gasteiger partial charge is 0.0818 e. The highest BCUT2D eigenvalue weighted by molar-refractivity contribution is 6.07. The molecular formula is C17H17NO. The third-order valence-electron chi connectivity index (χ3n) is 4.47. The van der Waals surface area contributed by atoms with Crippen molar-refractivity contribution in [2.24, 2.45) is 5.92 Å². The zero-order chi connectivity index (χ0) is 12.8. The summed E-state index contributed by atoms with van der Waals surface area (Å²) in [5, 5.41) is 12.8. The van der Waals surface area contributed by atoms with Gasteiger partial charge in [0.1, 0.15) is 0 Å². The molecule has 1 fully saturated rings. The van der Waals surface area contributed by atoms with Crippen molar-refractivity contribution in [1.82, 2.24) is 4.98 Å². The number of aliphatic hydroxyl groups excluding tert-OH is 1. The molecule has 1 aliphatic carbocycles. The van der Waals surface area contributed by atoms with E-state index in [4.69, 9.17) is 0 Å². The van der Waals surface area contributed by atoms with E-state index >= 15 is 0 Å². The van der Waals surface area contributed by atoms with E-state index in [9.17, 15) is 5.11 Å². The Balaban J connectivity index is 1.87. The van der Waals surface area contributed by atoms with Gasteiger partial charge in [-0.25, -0.2) is 0 Å². The fraction of sp³-hybridized carbons (Fsp3) is 0.294. The number of hydrogen-bond donors (Lipinski definition) is 2. The maximum atomic E-state index is 10.4. The van der Waals surface area contributed by atoms with Gasteiger partial charge in [0.25, 0.3) is 0 Å². The normalized spacial score (nSPS) is 17.7. The van der Waals surface area contributed by atoms with Gasteiger partial charge in [0.2, 0.25) is 0 Å². The highest BCUT2D eigenvalue weighted by Gasteiger charge is 2.26. The first kappa shape index (κ1) is 11.1. The molecule has 2 nitrogen and oxygen atoms in total. The number of rotatable bonds is 2. The van der Waals surface area contributed by atoms with Crippen LogP contribution in [0.3, 0.4) is 0 Å². The van der Waals surface area contributed by atoms with Crippen LogP contribution in [0.25, 0.3) is 21.8 Å². The van der Waals surface area contributed by atoms with Crippen molar-refractivity contribution in [2.45, 2.75) is 25.4 Å². The van der Waals surface area contributed by atoms with E-state index < -0.39 is 0 Å². The summed E-state index contributed by atoms with van der Waals surface area (Å²) in [7, 11) is 0. The quantitative estimate of drug-likeness (QED) is 0.705. The number of aromatic amines is 1.